The summed E-state index contributed by atoms with van der Waals surface area (Å²) in [4.78, 5) is 55.4. The van der Waals surface area contributed by atoms with E-state index < -0.39 is 30.7 Å². The first-order chi connectivity index (χ1) is 21.4. The summed E-state index contributed by atoms with van der Waals surface area (Å²) in [5.74, 6) is -0.101. The minimum atomic E-state index is -1.30. The van der Waals surface area contributed by atoms with Crippen molar-refractivity contribution in [3.8, 4) is 5.75 Å². The van der Waals surface area contributed by atoms with E-state index in [2.05, 4.69) is 10.2 Å². The SMILES string of the molecule is O=CN1CCC(n2c(=O)n(Cc3ccc(C(=O)NCCN4CCOCC4)cc3)c(=O)c3cc(OC(CF)CF)ccc32)CC1. The van der Waals surface area contributed by atoms with E-state index in [1.807, 2.05) is 0 Å². The molecule has 0 spiro atoms. The Labute approximate surface area is 252 Å². The van der Waals surface area contributed by atoms with Crippen LogP contribution in [0.15, 0.2) is 52.1 Å². The Balaban J connectivity index is 1.40. The van der Waals surface area contributed by atoms with Crippen LogP contribution in [0, 0.1) is 0 Å². The summed E-state index contributed by atoms with van der Waals surface area (Å²) in [5.41, 5.74) is 0.403. The highest BCUT2D eigenvalue weighted by Gasteiger charge is 2.25. The van der Waals surface area contributed by atoms with E-state index in [0.717, 1.165) is 30.6 Å². The summed E-state index contributed by atoms with van der Waals surface area (Å²) in [6.45, 7) is 3.09. The molecular weight excluding hydrogens is 576 g/mol. The van der Waals surface area contributed by atoms with Gasteiger partial charge in [-0.1, -0.05) is 12.1 Å². The van der Waals surface area contributed by atoms with Crippen molar-refractivity contribution in [2.45, 2.75) is 31.5 Å². The van der Waals surface area contributed by atoms with Crippen LogP contribution in [0.4, 0.5) is 8.78 Å². The highest BCUT2D eigenvalue weighted by molar-refractivity contribution is 5.94. The smallest absolute Gasteiger partial charge is 0.332 e. The molecule has 0 saturated carbocycles. The van der Waals surface area contributed by atoms with Crippen molar-refractivity contribution < 1.29 is 27.8 Å². The number of rotatable bonds is 12. The average Bonchev–Trinajstić information content (AvgIpc) is 3.06. The van der Waals surface area contributed by atoms with Crippen molar-refractivity contribution >= 4 is 23.2 Å². The number of fused-ring (bicyclic) bond motifs is 1. The standard InChI is InChI=1S/C31H37F2N5O6/c32-18-26(19-33)44-25-5-6-28-27(17-25)30(41)37(31(42)38(28)24-7-10-36(21-39)11-8-24)20-22-1-3-23(4-2-22)29(40)34-9-12-35-13-15-43-16-14-35/h1-6,17,21,24,26H,7-16,18-20H2,(H,34,40). The van der Waals surface area contributed by atoms with Crippen molar-refractivity contribution in [1.82, 2.24) is 24.3 Å². The van der Waals surface area contributed by atoms with Crippen LogP contribution in [0.25, 0.3) is 10.9 Å². The number of ether oxygens (including phenoxy) is 2. The van der Waals surface area contributed by atoms with E-state index >= 15 is 0 Å². The Hall–Kier alpha value is -4.10. The van der Waals surface area contributed by atoms with Gasteiger partial charge in [-0.15, -0.1) is 0 Å². The molecule has 1 aromatic heterocycles. The van der Waals surface area contributed by atoms with Gasteiger partial charge in [0.2, 0.25) is 6.41 Å². The number of carbonyl (C=O) groups is 2. The van der Waals surface area contributed by atoms with Crippen LogP contribution in [-0.4, -0.2) is 103 Å². The number of nitrogens with zero attached hydrogens (tertiary/aromatic N) is 4. The zero-order chi connectivity index (χ0) is 31.1. The van der Waals surface area contributed by atoms with Gasteiger partial charge in [-0.2, -0.15) is 0 Å². The number of piperidine rings is 1. The average molecular weight is 614 g/mol. The summed E-state index contributed by atoms with van der Waals surface area (Å²) in [6, 6.07) is 10.9. The van der Waals surface area contributed by atoms with Crippen molar-refractivity contribution in [2.75, 3.05) is 65.8 Å². The van der Waals surface area contributed by atoms with E-state index in [4.69, 9.17) is 9.47 Å². The molecule has 0 bridgehead atoms. The zero-order valence-corrected chi connectivity index (χ0v) is 24.5. The molecule has 11 nitrogen and oxygen atoms in total. The lowest BCUT2D eigenvalue weighted by Gasteiger charge is -2.31. The summed E-state index contributed by atoms with van der Waals surface area (Å²) < 4.78 is 39.7. The Bertz CT molecular complexity index is 1560. The maximum atomic E-state index is 13.9. The fourth-order valence-electron chi connectivity index (χ4n) is 5.67. The molecular formula is C31H37F2N5O6. The molecule has 0 atom stereocenters. The first kappa shape index (κ1) is 31.3. The molecule has 1 N–H and O–H groups in total. The number of nitrogens with one attached hydrogen (secondary N) is 1. The number of halogens is 2. The third-order valence-corrected chi connectivity index (χ3v) is 8.17. The van der Waals surface area contributed by atoms with E-state index in [9.17, 15) is 28.0 Å². The molecule has 2 amide bonds. The highest BCUT2D eigenvalue weighted by atomic mass is 19.1. The van der Waals surface area contributed by atoms with Gasteiger partial charge in [-0.3, -0.25) is 28.4 Å². The fraction of sp³-hybridized carbons (Fsp3) is 0.484. The van der Waals surface area contributed by atoms with Gasteiger partial charge >= 0.3 is 5.69 Å². The van der Waals surface area contributed by atoms with Crippen molar-refractivity contribution in [3.63, 3.8) is 0 Å². The molecule has 0 radical (unpaired) electrons. The summed E-state index contributed by atoms with van der Waals surface area (Å²) in [5, 5.41) is 3.09. The lowest BCUT2D eigenvalue weighted by Crippen LogP contribution is -2.44. The van der Waals surface area contributed by atoms with Crippen molar-refractivity contribution in [2.24, 2.45) is 0 Å². The first-order valence-electron chi connectivity index (χ1n) is 14.9. The number of likely N-dealkylation sites (tertiary alicyclic amines) is 1. The normalized spacial score (nSPS) is 16.4. The second kappa shape index (κ2) is 14.6. The minimum Gasteiger partial charge on any atom is -0.485 e. The van der Waals surface area contributed by atoms with E-state index in [0.29, 0.717) is 62.3 Å². The molecule has 2 aromatic carbocycles. The molecule has 2 saturated heterocycles. The minimum absolute atomic E-state index is 0.0532. The van der Waals surface area contributed by atoms with E-state index in [1.165, 1.54) is 12.1 Å². The van der Waals surface area contributed by atoms with Crippen LogP contribution in [0.1, 0.15) is 34.8 Å². The second-order valence-corrected chi connectivity index (χ2v) is 11.1. The van der Waals surface area contributed by atoms with E-state index in [1.54, 1.807) is 39.8 Å². The van der Waals surface area contributed by atoms with Gasteiger partial charge in [-0.25, -0.2) is 13.6 Å². The molecule has 44 heavy (non-hydrogen) atoms. The summed E-state index contributed by atoms with van der Waals surface area (Å²) >= 11 is 0. The lowest BCUT2D eigenvalue weighted by molar-refractivity contribution is -0.119. The Morgan fingerprint density at radius 3 is 2.39 bits per heavy atom. The Kier molecular flexibility index (Phi) is 10.4. The molecule has 2 fully saturated rings. The largest absolute Gasteiger partial charge is 0.485 e. The molecule has 2 aliphatic heterocycles. The van der Waals surface area contributed by atoms with Gasteiger partial charge in [0, 0.05) is 50.9 Å². The molecule has 5 rings (SSSR count). The van der Waals surface area contributed by atoms with Crippen molar-refractivity contribution in [1.29, 1.82) is 0 Å². The number of morpholine rings is 1. The third-order valence-electron chi connectivity index (χ3n) is 8.17. The molecule has 236 valence electrons. The summed E-state index contributed by atoms with van der Waals surface area (Å²) in [6.07, 6.45) is 0.515. The zero-order valence-electron chi connectivity index (χ0n) is 24.5. The lowest BCUT2D eigenvalue weighted by atomic mass is 10.0. The number of carbonyl (C=O) groups excluding carboxylic acids is 2. The van der Waals surface area contributed by atoms with Crippen molar-refractivity contribution in [3.05, 3.63) is 74.4 Å². The quantitative estimate of drug-likeness (QED) is 0.310. The third kappa shape index (κ3) is 7.16. The molecule has 2 aliphatic rings. The van der Waals surface area contributed by atoms with Crippen LogP contribution in [0.5, 0.6) is 5.75 Å². The maximum Gasteiger partial charge on any atom is 0.332 e. The van der Waals surface area contributed by atoms with Gasteiger partial charge in [0.25, 0.3) is 11.5 Å². The van der Waals surface area contributed by atoms with Gasteiger partial charge in [0.1, 0.15) is 19.1 Å². The topological polar surface area (TPSA) is 115 Å². The van der Waals surface area contributed by atoms with Gasteiger partial charge in [-0.05, 0) is 48.7 Å². The van der Waals surface area contributed by atoms with Gasteiger partial charge < -0.3 is 19.7 Å². The maximum absolute atomic E-state index is 13.9. The number of aromatic nitrogens is 2. The fourth-order valence-corrected chi connectivity index (χ4v) is 5.67. The molecule has 0 unspecified atom stereocenters. The van der Waals surface area contributed by atoms with Crippen LogP contribution in [0.3, 0.4) is 0 Å². The number of alkyl halides is 2. The predicted molar refractivity (Wildman–Crippen MR) is 160 cm³/mol. The van der Waals surface area contributed by atoms with Crippen LogP contribution < -0.4 is 21.3 Å². The van der Waals surface area contributed by atoms with Crippen LogP contribution >= 0.6 is 0 Å². The molecule has 3 aromatic rings. The number of benzene rings is 2. The second-order valence-electron chi connectivity index (χ2n) is 11.1. The highest BCUT2D eigenvalue weighted by Crippen LogP contribution is 2.26. The van der Waals surface area contributed by atoms with Crippen LogP contribution in [-0.2, 0) is 16.1 Å². The monoisotopic (exact) mass is 613 g/mol. The van der Waals surface area contributed by atoms with Crippen LogP contribution in [0.2, 0.25) is 0 Å². The Morgan fingerprint density at radius 1 is 1.02 bits per heavy atom. The Morgan fingerprint density at radius 2 is 1.73 bits per heavy atom. The molecule has 13 heteroatoms. The van der Waals surface area contributed by atoms with E-state index in [-0.39, 0.29) is 29.6 Å². The molecule has 3 heterocycles. The predicted octanol–water partition coefficient (Wildman–Crippen LogP) is 1.75. The molecule has 0 aliphatic carbocycles. The summed E-state index contributed by atoms with van der Waals surface area (Å²) in [7, 11) is 0. The van der Waals surface area contributed by atoms with Gasteiger partial charge in [0.15, 0.2) is 6.10 Å². The first-order valence-corrected chi connectivity index (χ1v) is 14.9. The van der Waals surface area contributed by atoms with Gasteiger partial charge in [0.05, 0.1) is 30.7 Å². The number of hydrogen-bond acceptors (Lipinski definition) is 7. The number of amides is 2. The number of hydrogen-bond donors (Lipinski definition) is 1.